The molecule has 134 valence electrons. The Balaban J connectivity index is 1.30. The Morgan fingerprint density at radius 3 is 2.96 bits per heavy atom. The molecular weight excluding hydrogens is 316 g/mol. The highest BCUT2D eigenvalue weighted by atomic mass is 16.5. The molecule has 2 fully saturated rings. The number of amides is 1. The van der Waals surface area contributed by atoms with Crippen LogP contribution < -0.4 is 5.32 Å². The van der Waals surface area contributed by atoms with Crippen LogP contribution in [-0.2, 0) is 9.53 Å². The predicted octanol–water partition coefficient (Wildman–Crippen LogP) is 2.25. The van der Waals surface area contributed by atoms with E-state index in [-0.39, 0.29) is 12.0 Å². The van der Waals surface area contributed by atoms with E-state index in [1.54, 1.807) is 12.4 Å². The first kappa shape index (κ1) is 16.5. The lowest BCUT2D eigenvalue weighted by atomic mass is 9.93. The Kier molecular flexibility index (Phi) is 4.97. The highest BCUT2D eigenvalue weighted by Crippen LogP contribution is 2.34. The number of hydrogen-bond acceptors (Lipinski definition) is 5. The van der Waals surface area contributed by atoms with Gasteiger partial charge in [0, 0.05) is 50.3 Å². The lowest BCUT2D eigenvalue weighted by Crippen LogP contribution is -2.32. The summed E-state index contributed by atoms with van der Waals surface area (Å²) in [7, 11) is 0. The van der Waals surface area contributed by atoms with Crippen LogP contribution in [0, 0.1) is 11.8 Å². The van der Waals surface area contributed by atoms with E-state index in [9.17, 15) is 4.79 Å². The highest BCUT2D eigenvalue weighted by molar-refractivity contribution is 5.79. The van der Waals surface area contributed by atoms with E-state index in [2.05, 4.69) is 21.4 Å². The van der Waals surface area contributed by atoms with Crippen LogP contribution in [0.3, 0.4) is 0 Å². The maximum atomic E-state index is 12.6. The van der Waals surface area contributed by atoms with Crippen LogP contribution in [0.4, 0.5) is 5.95 Å². The predicted molar refractivity (Wildman–Crippen MR) is 95.0 cm³/mol. The van der Waals surface area contributed by atoms with Crippen LogP contribution in [0.1, 0.15) is 32.1 Å². The molecule has 25 heavy (non-hydrogen) atoms. The van der Waals surface area contributed by atoms with Gasteiger partial charge in [-0.15, -0.1) is 0 Å². The van der Waals surface area contributed by atoms with Gasteiger partial charge in [0.05, 0.1) is 12.7 Å². The van der Waals surface area contributed by atoms with Crippen LogP contribution >= 0.6 is 0 Å². The second kappa shape index (κ2) is 7.52. The molecule has 0 saturated carbocycles. The van der Waals surface area contributed by atoms with Crippen molar-refractivity contribution in [2.45, 2.75) is 38.2 Å². The molecule has 1 aromatic rings. The van der Waals surface area contributed by atoms with Gasteiger partial charge in [0.25, 0.3) is 0 Å². The smallest absolute Gasteiger partial charge is 0.226 e. The van der Waals surface area contributed by atoms with E-state index in [0.717, 1.165) is 39.1 Å². The van der Waals surface area contributed by atoms with E-state index in [4.69, 9.17) is 4.74 Å². The van der Waals surface area contributed by atoms with Crippen LogP contribution in [0.25, 0.3) is 0 Å². The summed E-state index contributed by atoms with van der Waals surface area (Å²) in [5.74, 6) is 1.74. The molecule has 0 aromatic carbocycles. The maximum Gasteiger partial charge on any atom is 0.226 e. The van der Waals surface area contributed by atoms with Crippen molar-refractivity contribution in [2.75, 3.05) is 31.6 Å². The van der Waals surface area contributed by atoms with E-state index in [1.807, 2.05) is 11.0 Å². The molecule has 1 amide bonds. The van der Waals surface area contributed by atoms with E-state index < -0.39 is 0 Å². The fourth-order valence-electron chi connectivity index (χ4n) is 4.20. The molecule has 2 saturated heterocycles. The number of fused-ring (bicyclic) bond motifs is 1. The molecule has 0 bridgehead atoms. The number of nitrogens with one attached hydrogen (secondary N) is 1. The second-order valence-corrected chi connectivity index (χ2v) is 7.33. The fraction of sp³-hybridized carbons (Fsp3) is 0.632. The minimum Gasteiger partial charge on any atom is -0.376 e. The Morgan fingerprint density at radius 1 is 1.28 bits per heavy atom. The van der Waals surface area contributed by atoms with Gasteiger partial charge >= 0.3 is 0 Å². The van der Waals surface area contributed by atoms with Gasteiger partial charge in [-0.2, -0.15) is 0 Å². The summed E-state index contributed by atoms with van der Waals surface area (Å²) in [6.07, 6.45) is 11.2. The minimum absolute atomic E-state index is 0.188. The molecule has 3 atom stereocenters. The number of likely N-dealkylation sites (tertiary alicyclic amines) is 1. The van der Waals surface area contributed by atoms with E-state index in [1.165, 1.54) is 18.4 Å². The first-order chi connectivity index (χ1) is 12.3. The van der Waals surface area contributed by atoms with Gasteiger partial charge < -0.3 is 15.0 Å². The van der Waals surface area contributed by atoms with Gasteiger partial charge in [-0.3, -0.25) is 4.79 Å². The van der Waals surface area contributed by atoms with Crippen molar-refractivity contribution in [2.24, 2.45) is 11.8 Å². The zero-order valence-corrected chi connectivity index (χ0v) is 14.6. The number of allylic oxidation sites excluding steroid dienone is 1. The molecule has 3 aliphatic rings. The fourth-order valence-corrected chi connectivity index (χ4v) is 4.20. The third kappa shape index (κ3) is 3.84. The van der Waals surface area contributed by atoms with Gasteiger partial charge in [-0.25, -0.2) is 9.97 Å². The topological polar surface area (TPSA) is 67.4 Å². The van der Waals surface area contributed by atoms with Crippen LogP contribution in [-0.4, -0.2) is 53.1 Å². The summed E-state index contributed by atoms with van der Waals surface area (Å²) < 4.78 is 5.96. The number of aromatic nitrogens is 2. The molecule has 6 nitrogen and oxygen atoms in total. The molecule has 0 spiro atoms. The quantitative estimate of drug-likeness (QED) is 0.832. The van der Waals surface area contributed by atoms with Crippen molar-refractivity contribution in [3.05, 3.63) is 30.1 Å². The highest BCUT2D eigenvalue weighted by Gasteiger charge is 2.44. The third-order valence-corrected chi connectivity index (χ3v) is 5.64. The summed E-state index contributed by atoms with van der Waals surface area (Å²) >= 11 is 0. The monoisotopic (exact) mass is 342 g/mol. The molecule has 3 heterocycles. The van der Waals surface area contributed by atoms with Crippen LogP contribution in [0.5, 0.6) is 0 Å². The van der Waals surface area contributed by atoms with Crippen molar-refractivity contribution in [3.63, 3.8) is 0 Å². The average Bonchev–Trinajstić information content (AvgIpc) is 3.23. The van der Waals surface area contributed by atoms with Gasteiger partial charge in [0.15, 0.2) is 0 Å². The summed E-state index contributed by atoms with van der Waals surface area (Å²) in [5.41, 5.74) is 1.33. The molecule has 1 aromatic heterocycles. The zero-order valence-electron chi connectivity index (χ0n) is 14.6. The van der Waals surface area contributed by atoms with Crippen molar-refractivity contribution in [1.82, 2.24) is 14.9 Å². The van der Waals surface area contributed by atoms with E-state index in [0.29, 0.717) is 24.2 Å². The van der Waals surface area contributed by atoms with Gasteiger partial charge in [-0.1, -0.05) is 11.6 Å². The van der Waals surface area contributed by atoms with Crippen molar-refractivity contribution >= 4 is 11.9 Å². The Morgan fingerprint density at radius 2 is 2.16 bits per heavy atom. The normalized spacial score (nSPS) is 28.6. The first-order valence-electron chi connectivity index (χ1n) is 9.38. The van der Waals surface area contributed by atoms with Crippen LogP contribution in [0.2, 0.25) is 0 Å². The van der Waals surface area contributed by atoms with Crippen molar-refractivity contribution < 1.29 is 9.53 Å². The lowest BCUT2D eigenvalue weighted by molar-refractivity contribution is -0.130. The Labute approximate surface area is 148 Å². The van der Waals surface area contributed by atoms with E-state index >= 15 is 0 Å². The number of rotatable bonds is 5. The molecule has 6 heteroatoms. The first-order valence-corrected chi connectivity index (χ1v) is 9.38. The zero-order chi connectivity index (χ0) is 17.1. The number of ether oxygens (including phenoxy) is 1. The summed E-state index contributed by atoms with van der Waals surface area (Å²) in [5, 5.41) is 3.29. The van der Waals surface area contributed by atoms with Gasteiger partial charge in [0.1, 0.15) is 0 Å². The maximum absolute atomic E-state index is 12.6. The Hall–Kier alpha value is -1.95. The standard InChI is InChI=1S/C19H26N4O2/c24-18(9-14-5-2-1-3-6-14)23-11-16-15(13-25-17(16)12-23)10-22-19-20-7-4-8-21-19/h4-5,7-8,15-17H,1-3,6,9-13H2,(H,20,21,22)/t15-,16+,17+/m1/s1. The summed E-state index contributed by atoms with van der Waals surface area (Å²) in [6.45, 7) is 3.11. The SMILES string of the molecule is O=C(CC1=CCCCC1)N1C[C@H]2[C@H](CNc3ncccn3)CO[C@H]2C1. The molecule has 0 unspecified atom stereocenters. The largest absolute Gasteiger partial charge is 0.376 e. The number of carbonyl (C=O) groups excluding carboxylic acids is 1. The molecule has 4 rings (SSSR count). The molecule has 0 radical (unpaired) electrons. The second-order valence-electron chi connectivity index (χ2n) is 7.33. The Bertz CT molecular complexity index is 634. The van der Waals surface area contributed by atoms with Gasteiger partial charge in [0.2, 0.25) is 11.9 Å². The molecule has 2 aliphatic heterocycles. The van der Waals surface area contributed by atoms with Crippen LogP contribution in [0.15, 0.2) is 30.1 Å². The van der Waals surface area contributed by atoms with Crippen molar-refractivity contribution in [1.29, 1.82) is 0 Å². The summed E-state index contributed by atoms with van der Waals surface area (Å²) in [4.78, 5) is 23.0. The molecule has 1 aliphatic carbocycles. The molecule has 1 N–H and O–H groups in total. The minimum atomic E-state index is 0.188. The number of carbonyl (C=O) groups is 1. The molecular formula is C19H26N4O2. The number of hydrogen-bond donors (Lipinski definition) is 1. The number of anilines is 1. The third-order valence-electron chi connectivity index (χ3n) is 5.64. The lowest BCUT2D eigenvalue weighted by Gasteiger charge is -2.21. The number of nitrogens with zero attached hydrogens (tertiary/aromatic N) is 3. The average molecular weight is 342 g/mol. The van der Waals surface area contributed by atoms with Crippen molar-refractivity contribution in [3.8, 4) is 0 Å². The van der Waals surface area contributed by atoms with Gasteiger partial charge in [-0.05, 0) is 31.7 Å². The summed E-state index contributed by atoms with van der Waals surface area (Å²) in [6, 6.07) is 1.81.